The summed E-state index contributed by atoms with van der Waals surface area (Å²) in [7, 11) is 0. The monoisotopic (exact) mass is 254 g/mol. The van der Waals surface area contributed by atoms with Gasteiger partial charge >= 0.3 is 12.1 Å². The highest BCUT2D eigenvalue weighted by atomic mass is 32.1. The number of alkyl halides is 3. The first-order valence-electron chi connectivity index (χ1n) is 4.38. The van der Waals surface area contributed by atoms with Gasteiger partial charge in [-0.1, -0.05) is 0 Å². The summed E-state index contributed by atoms with van der Waals surface area (Å²) in [6, 6.07) is 0. The maximum absolute atomic E-state index is 12.1. The van der Waals surface area contributed by atoms with Crippen molar-refractivity contribution in [2.45, 2.75) is 19.0 Å². The second-order valence-electron chi connectivity index (χ2n) is 2.96. The molecule has 4 nitrogen and oxygen atoms in total. The average molecular weight is 254 g/mol. The van der Waals surface area contributed by atoms with Crippen molar-refractivity contribution < 1.29 is 23.1 Å². The van der Waals surface area contributed by atoms with E-state index in [2.05, 4.69) is 10.3 Å². The first kappa shape index (κ1) is 12.8. The van der Waals surface area contributed by atoms with Crippen molar-refractivity contribution in [2.75, 3.05) is 11.9 Å². The van der Waals surface area contributed by atoms with Crippen LogP contribution in [-0.4, -0.2) is 22.6 Å². The van der Waals surface area contributed by atoms with E-state index in [0.717, 1.165) is 16.7 Å². The van der Waals surface area contributed by atoms with Crippen LogP contribution in [0.4, 0.5) is 18.3 Å². The molecule has 16 heavy (non-hydrogen) atoms. The van der Waals surface area contributed by atoms with Crippen LogP contribution in [0, 0.1) is 0 Å². The van der Waals surface area contributed by atoms with Gasteiger partial charge < -0.3 is 10.4 Å². The third-order valence-electron chi connectivity index (χ3n) is 1.64. The van der Waals surface area contributed by atoms with Crippen molar-refractivity contribution in [3.05, 3.63) is 11.1 Å². The molecular formula is C8H9F3N2O2S. The second-order valence-corrected chi connectivity index (χ2v) is 3.82. The lowest BCUT2D eigenvalue weighted by atomic mass is 10.3. The van der Waals surface area contributed by atoms with Crippen molar-refractivity contribution in [1.82, 2.24) is 4.98 Å². The maximum Gasteiger partial charge on any atom is 0.434 e. The fourth-order valence-electron chi connectivity index (χ4n) is 0.920. The van der Waals surface area contributed by atoms with Gasteiger partial charge in [0.1, 0.15) is 0 Å². The number of carboxylic acid groups (broad SMARTS) is 1. The number of nitrogens with one attached hydrogen (secondary N) is 1. The van der Waals surface area contributed by atoms with Gasteiger partial charge in [0.25, 0.3) is 0 Å². The lowest BCUT2D eigenvalue weighted by molar-refractivity contribution is -0.140. The van der Waals surface area contributed by atoms with Crippen LogP contribution in [0.5, 0.6) is 0 Å². The molecule has 0 amide bonds. The summed E-state index contributed by atoms with van der Waals surface area (Å²) in [6.45, 7) is 0.289. The van der Waals surface area contributed by atoms with E-state index in [4.69, 9.17) is 5.11 Å². The van der Waals surface area contributed by atoms with Crippen LogP contribution < -0.4 is 5.32 Å². The molecule has 0 aliphatic rings. The number of hydrogen-bond acceptors (Lipinski definition) is 4. The molecule has 2 N–H and O–H groups in total. The zero-order chi connectivity index (χ0) is 12.2. The number of rotatable bonds is 5. The summed E-state index contributed by atoms with van der Waals surface area (Å²) in [5.74, 6) is -0.933. The molecule has 90 valence electrons. The third kappa shape index (κ3) is 4.05. The smallest absolute Gasteiger partial charge is 0.434 e. The molecule has 1 rings (SSSR count). The molecule has 0 saturated carbocycles. The van der Waals surface area contributed by atoms with Gasteiger partial charge in [-0.15, -0.1) is 11.3 Å². The normalized spacial score (nSPS) is 11.4. The summed E-state index contributed by atoms with van der Waals surface area (Å²) >= 11 is 0.846. The van der Waals surface area contributed by atoms with Gasteiger partial charge in [0, 0.05) is 18.3 Å². The van der Waals surface area contributed by atoms with E-state index < -0.39 is 17.8 Å². The van der Waals surface area contributed by atoms with Gasteiger partial charge in [-0.2, -0.15) is 13.2 Å². The Balaban J connectivity index is 2.38. The van der Waals surface area contributed by atoms with Crippen molar-refractivity contribution in [3.8, 4) is 0 Å². The van der Waals surface area contributed by atoms with Gasteiger partial charge in [0.05, 0.1) is 0 Å². The Labute approximate surface area is 93.1 Å². The molecule has 0 radical (unpaired) electrons. The third-order valence-corrected chi connectivity index (χ3v) is 2.44. The van der Waals surface area contributed by atoms with Crippen LogP contribution in [0.3, 0.4) is 0 Å². The van der Waals surface area contributed by atoms with Crippen LogP contribution in [-0.2, 0) is 11.0 Å². The van der Waals surface area contributed by atoms with Crippen molar-refractivity contribution in [1.29, 1.82) is 0 Å². The predicted octanol–water partition coefficient (Wildman–Crippen LogP) is 2.44. The SMILES string of the molecule is O=C(O)CCCNc1nc(C(F)(F)F)cs1. The van der Waals surface area contributed by atoms with Crippen molar-refractivity contribution in [2.24, 2.45) is 0 Å². The molecule has 8 heteroatoms. The molecule has 1 heterocycles. The molecule has 0 aromatic carbocycles. The Bertz CT molecular complexity index is 364. The predicted molar refractivity (Wildman–Crippen MR) is 52.5 cm³/mol. The average Bonchev–Trinajstić information content (AvgIpc) is 2.59. The highest BCUT2D eigenvalue weighted by molar-refractivity contribution is 7.13. The Hall–Kier alpha value is -1.31. The zero-order valence-electron chi connectivity index (χ0n) is 8.04. The van der Waals surface area contributed by atoms with Gasteiger partial charge in [0.15, 0.2) is 10.8 Å². The number of hydrogen-bond donors (Lipinski definition) is 2. The number of anilines is 1. The van der Waals surface area contributed by atoms with Crippen molar-refractivity contribution >= 4 is 22.4 Å². The van der Waals surface area contributed by atoms with Crippen LogP contribution in [0.1, 0.15) is 18.5 Å². The fraction of sp³-hybridized carbons (Fsp3) is 0.500. The minimum atomic E-state index is -4.43. The molecule has 0 atom stereocenters. The van der Waals surface area contributed by atoms with Gasteiger partial charge in [-0.25, -0.2) is 4.98 Å². The first-order chi connectivity index (χ1) is 7.39. The van der Waals surface area contributed by atoms with E-state index in [-0.39, 0.29) is 18.1 Å². The summed E-state index contributed by atoms with van der Waals surface area (Å²) in [6.07, 6.45) is -4.11. The Morgan fingerprint density at radius 2 is 2.25 bits per heavy atom. The summed E-state index contributed by atoms with van der Waals surface area (Å²) in [5.41, 5.74) is -0.932. The number of carbonyl (C=O) groups is 1. The van der Waals surface area contributed by atoms with E-state index >= 15 is 0 Å². The number of aliphatic carboxylic acids is 1. The standard InChI is InChI=1S/C8H9F3N2O2S/c9-8(10,11)5-4-16-7(13-5)12-3-1-2-6(14)15/h4H,1-3H2,(H,12,13)(H,14,15). The Morgan fingerprint density at radius 3 is 2.75 bits per heavy atom. The number of halogens is 3. The van der Waals surface area contributed by atoms with Crippen molar-refractivity contribution in [3.63, 3.8) is 0 Å². The molecule has 1 aromatic heterocycles. The van der Waals surface area contributed by atoms with Crippen LogP contribution >= 0.6 is 11.3 Å². The number of thiazole rings is 1. The molecule has 0 aliphatic carbocycles. The van der Waals surface area contributed by atoms with E-state index in [1.165, 1.54) is 0 Å². The quantitative estimate of drug-likeness (QED) is 0.792. The van der Waals surface area contributed by atoms with Crippen LogP contribution in [0.15, 0.2) is 5.38 Å². The highest BCUT2D eigenvalue weighted by Gasteiger charge is 2.33. The van der Waals surface area contributed by atoms with E-state index in [1.807, 2.05) is 0 Å². The van der Waals surface area contributed by atoms with E-state index in [0.29, 0.717) is 6.42 Å². The largest absolute Gasteiger partial charge is 0.481 e. The molecular weight excluding hydrogens is 245 g/mol. The molecule has 0 spiro atoms. The van der Waals surface area contributed by atoms with Gasteiger partial charge in [-0.05, 0) is 6.42 Å². The Kier molecular flexibility index (Phi) is 4.11. The lowest BCUT2D eigenvalue weighted by Crippen LogP contribution is -2.07. The topological polar surface area (TPSA) is 62.2 Å². The summed E-state index contributed by atoms with van der Waals surface area (Å²) < 4.78 is 36.4. The fourth-order valence-corrected chi connectivity index (χ4v) is 1.67. The molecule has 0 unspecified atom stereocenters. The van der Waals surface area contributed by atoms with E-state index in [9.17, 15) is 18.0 Å². The van der Waals surface area contributed by atoms with Gasteiger partial charge in [0.2, 0.25) is 0 Å². The Morgan fingerprint density at radius 1 is 1.56 bits per heavy atom. The molecule has 0 bridgehead atoms. The minimum Gasteiger partial charge on any atom is -0.481 e. The van der Waals surface area contributed by atoms with E-state index in [1.54, 1.807) is 0 Å². The first-order valence-corrected chi connectivity index (χ1v) is 5.26. The van der Waals surface area contributed by atoms with Gasteiger partial charge in [-0.3, -0.25) is 4.79 Å². The number of nitrogens with zero attached hydrogens (tertiary/aromatic N) is 1. The maximum atomic E-state index is 12.1. The van der Waals surface area contributed by atoms with Crippen LogP contribution in [0.2, 0.25) is 0 Å². The minimum absolute atomic E-state index is 0.0233. The number of carboxylic acids is 1. The molecule has 0 saturated heterocycles. The zero-order valence-corrected chi connectivity index (χ0v) is 8.86. The second kappa shape index (κ2) is 5.15. The molecule has 0 fully saturated rings. The summed E-state index contributed by atoms with van der Waals surface area (Å²) in [5, 5.41) is 12.0. The summed E-state index contributed by atoms with van der Waals surface area (Å²) in [4.78, 5) is 13.5. The molecule has 1 aromatic rings. The highest BCUT2D eigenvalue weighted by Crippen LogP contribution is 2.31. The van der Waals surface area contributed by atoms with Crippen LogP contribution in [0.25, 0.3) is 0 Å². The number of aromatic nitrogens is 1. The lowest BCUT2D eigenvalue weighted by Gasteiger charge is -2.01. The molecule has 0 aliphatic heterocycles.